The van der Waals surface area contributed by atoms with Crippen LogP contribution in [-0.4, -0.2) is 53.8 Å². The van der Waals surface area contributed by atoms with Gasteiger partial charge in [-0.25, -0.2) is 9.67 Å². The number of carbonyl (C=O) groups is 2. The highest BCUT2D eigenvalue weighted by atomic mass is 16.2. The number of hydrogen-bond acceptors (Lipinski definition) is 5. The van der Waals surface area contributed by atoms with E-state index in [1.54, 1.807) is 28.0 Å². The standard InChI is InChI=1S/C20H23N7O2/c1-25-12-18(22-14-25)20(29)27-9-5-8-16(27)11-26-13-17(23-24-26)19(28)21-10-15-6-3-2-4-7-15/h2-4,6-7,12-14,16H,5,8-11H2,1H3,(H,21,28)/t16-/m0/s1. The van der Waals surface area contributed by atoms with Crippen molar-refractivity contribution in [2.45, 2.75) is 32.0 Å². The number of nitrogens with one attached hydrogen (secondary N) is 1. The molecule has 1 aliphatic rings. The van der Waals surface area contributed by atoms with Crippen molar-refractivity contribution in [3.05, 3.63) is 66.0 Å². The lowest BCUT2D eigenvalue weighted by atomic mass is 10.2. The summed E-state index contributed by atoms with van der Waals surface area (Å²) in [6.45, 7) is 1.62. The first kappa shape index (κ1) is 18.9. The van der Waals surface area contributed by atoms with E-state index in [4.69, 9.17) is 0 Å². The molecule has 1 aliphatic heterocycles. The van der Waals surface area contributed by atoms with Crippen LogP contribution in [0.15, 0.2) is 49.1 Å². The van der Waals surface area contributed by atoms with E-state index in [-0.39, 0.29) is 23.6 Å². The number of imidazole rings is 1. The van der Waals surface area contributed by atoms with Gasteiger partial charge in [-0.3, -0.25) is 9.59 Å². The maximum Gasteiger partial charge on any atom is 0.274 e. The molecule has 0 bridgehead atoms. The van der Waals surface area contributed by atoms with Crippen LogP contribution >= 0.6 is 0 Å². The number of nitrogens with zero attached hydrogens (tertiary/aromatic N) is 6. The molecule has 0 saturated carbocycles. The number of carbonyl (C=O) groups excluding carboxylic acids is 2. The van der Waals surface area contributed by atoms with Crippen LogP contribution in [0.4, 0.5) is 0 Å². The van der Waals surface area contributed by atoms with Crippen molar-refractivity contribution in [2.75, 3.05) is 6.54 Å². The summed E-state index contributed by atoms with van der Waals surface area (Å²) < 4.78 is 3.39. The van der Waals surface area contributed by atoms with Gasteiger partial charge in [-0.05, 0) is 18.4 Å². The third-order valence-corrected chi connectivity index (χ3v) is 5.03. The Hall–Kier alpha value is -3.49. The molecule has 1 atom stereocenters. The highest BCUT2D eigenvalue weighted by molar-refractivity contribution is 5.92. The Kier molecular flexibility index (Phi) is 5.37. The van der Waals surface area contributed by atoms with E-state index in [0.29, 0.717) is 25.3 Å². The number of aromatic nitrogens is 5. The van der Waals surface area contributed by atoms with Crippen molar-refractivity contribution in [1.29, 1.82) is 0 Å². The largest absolute Gasteiger partial charge is 0.347 e. The van der Waals surface area contributed by atoms with Crippen molar-refractivity contribution >= 4 is 11.8 Å². The molecule has 150 valence electrons. The zero-order valence-corrected chi connectivity index (χ0v) is 16.2. The molecule has 29 heavy (non-hydrogen) atoms. The van der Waals surface area contributed by atoms with Gasteiger partial charge in [0.25, 0.3) is 11.8 Å². The van der Waals surface area contributed by atoms with E-state index >= 15 is 0 Å². The molecule has 4 rings (SSSR count). The Bertz CT molecular complexity index is 995. The number of hydrogen-bond donors (Lipinski definition) is 1. The van der Waals surface area contributed by atoms with E-state index in [1.165, 1.54) is 0 Å². The zero-order valence-electron chi connectivity index (χ0n) is 16.2. The van der Waals surface area contributed by atoms with Crippen LogP contribution in [0.2, 0.25) is 0 Å². The van der Waals surface area contributed by atoms with Crippen molar-refractivity contribution < 1.29 is 9.59 Å². The molecular formula is C20H23N7O2. The van der Waals surface area contributed by atoms with Crippen LogP contribution in [0.25, 0.3) is 0 Å². The molecule has 2 amide bonds. The smallest absolute Gasteiger partial charge is 0.274 e. The Labute approximate surface area is 168 Å². The number of rotatable bonds is 6. The minimum Gasteiger partial charge on any atom is -0.347 e. The van der Waals surface area contributed by atoms with Crippen molar-refractivity contribution in [2.24, 2.45) is 7.05 Å². The van der Waals surface area contributed by atoms with Gasteiger partial charge in [0, 0.05) is 26.3 Å². The maximum atomic E-state index is 12.7. The van der Waals surface area contributed by atoms with Crippen LogP contribution in [0, 0.1) is 0 Å². The van der Waals surface area contributed by atoms with Crippen molar-refractivity contribution in [3.63, 3.8) is 0 Å². The molecule has 9 heteroatoms. The van der Waals surface area contributed by atoms with Gasteiger partial charge in [0.05, 0.1) is 25.1 Å². The molecule has 2 aromatic heterocycles. The van der Waals surface area contributed by atoms with Gasteiger partial charge in [0.15, 0.2) is 5.69 Å². The van der Waals surface area contributed by atoms with Crippen molar-refractivity contribution in [1.82, 2.24) is 34.8 Å². The Morgan fingerprint density at radius 2 is 2.00 bits per heavy atom. The summed E-state index contributed by atoms with van der Waals surface area (Å²) in [7, 11) is 1.84. The number of aryl methyl sites for hydroxylation is 1. The van der Waals surface area contributed by atoms with Crippen molar-refractivity contribution in [3.8, 4) is 0 Å². The van der Waals surface area contributed by atoms with E-state index < -0.39 is 0 Å². The summed E-state index contributed by atoms with van der Waals surface area (Å²) in [6, 6.07) is 9.69. The summed E-state index contributed by atoms with van der Waals surface area (Å²) >= 11 is 0. The molecule has 1 N–H and O–H groups in total. The van der Waals surface area contributed by atoms with E-state index in [1.807, 2.05) is 42.3 Å². The highest BCUT2D eigenvalue weighted by Gasteiger charge is 2.31. The Morgan fingerprint density at radius 1 is 1.17 bits per heavy atom. The first-order valence-electron chi connectivity index (χ1n) is 9.61. The summed E-state index contributed by atoms with van der Waals surface area (Å²) in [6.07, 6.45) is 6.79. The lowest BCUT2D eigenvalue weighted by molar-refractivity contribution is 0.0715. The fraction of sp³-hybridized carbons (Fsp3) is 0.350. The normalized spacial score (nSPS) is 16.2. The average molecular weight is 393 g/mol. The second-order valence-electron chi connectivity index (χ2n) is 7.21. The Morgan fingerprint density at radius 3 is 2.76 bits per heavy atom. The SMILES string of the molecule is Cn1cnc(C(=O)N2CCC[C@H]2Cn2cc(C(=O)NCc3ccccc3)nn2)c1. The number of likely N-dealkylation sites (tertiary alicyclic amines) is 1. The van der Waals surface area contributed by atoms with Gasteiger partial charge in [0.1, 0.15) is 5.69 Å². The molecule has 0 spiro atoms. The van der Waals surface area contributed by atoms with E-state index in [0.717, 1.165) is 18.4 Å². The fourth-order valence-electron chi connectivity index (χ4n) is 3.54. The molecule has 0 aliphatic carbocycles. The molecule has 1 fully saturated rings. The van der Waals surface area contributed by atoms with Crippen LogP contribution in [0.5, 0.6) is 0 Å². The first-order valence-corrected chi connectivity index (χ1v) is 9.61. The summed E-state index contributed by atoms with van der Waals surface area (Å²) in [5.41, 5.74) is 1.73. The predicted molar refractivity (Wildman–Crippen MR) is 105 cm³/mol. The number of amides is 2. The monoisotopic (exact) mass is 393 g/mol. The quantitative estimate of drug-likeness (QED) is 0.680. The maximum absolute atomic E-state index is 12.7. The summed E-state index contributed by atoms with van der Waals surface area (Å²) in [4.78, 5) is 31.1. The van der Waals surface area contributed by atoms with E-state index in [2.05, 4.69) is 20.6 Å². The first-order chi connectivity index (χ1) is 14.1. The zero-order chi connectivity index (χ0) is 20.2. The van der Waals surface area contributed by atoms with Gasteiger partial charge in [-0.15, -0.1) is 5.10 Å². The van der Waals surface area contributed by atoms with Crippen LogP contribution in [-0.2, 0) is 20.1 Å². The van der Waals surface area contributed by atoms with Gasteiger partial charge < -0.3 is 14.8 Å². The van der Waals surface area contributed by atoms with Gasteiger partial charge >= 0.3 is 0 Å². The van der Waals surface area contributed by atoms with Crippen LogP contribution in [0.3, 0.4) is 0 Å². The summed E-state index contributed by atoms with van der Waals surface area (Å²) in [5.74, 6) is -0.345. The topological polar surface area (TPSA) is 97.9 Å². The minimum absolute atomic E-state index is 0.00596. The molecule has 9 nitrogen and oxygen atoms in total. The molecule has 3 aromatic rings. The third-order valence-electron chi connectivity index (χ3n) is 5.03. The minimum atomic E-state index is -0.270. The predicted octanol–water partition coefficient (Wildman–Crippen LogP) is 1.25. The molecule has 1 aromatic carbocycles. The third kappa shape index (κ3) is 4.34. The molecule has 0 radical (unpaired) electrons. The highest BCUT2D eigenvalue weighted by Crippen LogP contribution is 2.21. The molecule has 1 saturated heterocycles. The van der Waals surface area contributed by atoms with Gasteiger partial charge in [0.2, 0.25) is 0 Å². The summed E-state index contributed by atoms with van der Waals surface area (Å²) in [5, 5.41) is 10.9. The van der Waals surface area contributed by atoms with Crippen LogP contribution in [0.1, 0.15) is 39.4 Å². The molecule has 3 heterocycles. The van der Waals surface area contributed by atoms with Gasteiger partial charge in [-0.2, -0.15) is 0 Å². The Balaban J connectivity index is 1.36. The molecular weight excluding hydrogens is 370 g/mol. The lowest BCUT2D eigenvalue weighted by Gasteiger charge is -2.23. The van der Waals surface area contributed by atoms with Crippen LogP contribution < -0.4 is 5.32 Å². The average Bonchev–Trinajstić information content (AvgIpc) is 3.48. The second kappa shape index (κ2) is 8.26. The van der Waals surface area contributed by atoms with Gasteiger partial charge in [-0.1, -0.05) is 35.5 Å². The van der Waals surface area contributed by atoms with E-state index in [9.17, 15) is 9.59 Å². The fourth-order valence-corrected chi connectivity index (χ4v) is 3.54. The second-order valence-corrected chi connectivity index (χ2v) is 7.21. The number of benzene rings is 1. The molecule has 0 unspecified atom stereocenters. The lowest BCUT2D eigenvalue weighted by Crippen LogP contribution is -2.38.